The minimum absolute atomic E-state index is 0.0217. The lowest BCUT2D eigenvalue weighted by molar-refractivity contribution is -0.184. The third-order valence-corrected chi connectivity index (χ3v) is 4.30. The lowest BCUT2D eigenvalue weighted by Crippen LogP contribution is -2.57. The van der Waals surface area contributed by atoms with Crippen LogP contribution >= 0.6 is 11.6 Å². The van der Waals surface area contributed by atoms with Gasteiger partial charge in [-0.1, -0.05) is 5.16 Å². The maximum absolute atomic E-state index is 13.2. The highest BCUT2D eigenvalue weighted by molar-refractivity contribution is 6.29. The van der Waals surface area contributed by atoms with Gasteiger partial charge in [0.25, 0.3) is 0 Å². The molecule has 0 spiro atoms. The molecule has 0 aliphatic carbocycles. The van der Waals surface area contributed by atoms with Crippen LogP contribution in [-0.2, 0) is 11.2 Å². The van der Waals surface area contributed by atoms with Crippen LogP contribution in [0.1, 0.15) is 17.7 Å². The average Bonchev–Trinajstić information content (AvgIpc) is 2.84. The molecule has 0 saturated carbocycles. The Bertz CT molecular complexity index is 539. The van der Waals surface area contributed by atoms with Gasteiger partial charge < -0.3 is 15.2 Å². The number of nitrogens with one attached hydrogen (secondary N) is 2. The quantitative estimate of drug-likeness (QED) is 0.796. The minimum atomic E-state index is -4.39. The Kier molecular flexibility index (Phi) is 6.47. The first-order valence-electron chi connectivity index (χ1n) is 7.68. The predicted molar refractivity (Wildman–Crippen MR) is 81.9 cm³/mol. The third kappa shape index (κ3) is 5.09. The molecule has 1 saturated heterocycles. The number of halogens is 4. The highest BCUT2D eigenvalue weighted by atomic mass is 35.5. The Morgan fingerprint density at radius 2 is 2.12 bits per heavy atom. The lowest BCUT2D eigenvalue weighted by Gasteiger charge is -2.35. The van der Waals surface area contributed by atoms with E-state index in [1.807, 2.05) is 0 Å². The highest BCUT2D eigenvalue weighted by Gasteiger charge is 2.43. The van der Waals surface area contributed by atoms with Gasteiger partial charge in [0.1, 0.15) is 6.04 Å². The molecule has 1 amide bonds. The zero-order valence-corrected chi connectivity index (χ0v) is 14.0. The summed E-state index contributed by atoms with van der Waals surface area (Å²) in [6.45, 7) is 2.84. The van der Waals surface area contributed by atoms with Crippen molar-refractivity contribution < 1.29 is 22.5 Å². The SMILES string of the molecule is Cc1noc(Cl)c1CCC(=O)NCC(N1CCNCC1)C(F)(F)F. The van der Waals surface area contributed by atoms with E-state index >= 15 is 0 Å². The molecule has 1 aromatic rings. The Hall–Kier alpha value is -1.32. The van der Waals surface area contributed by atoms with Crippen molar-refractivity contribution in [2.75, 3.05) is 32.7 Å². The van der Waals surface area contributed by atoms with Gasteiger partial charge in [-0.2, -0.15) is 13.2 Å². The van der Waals surface area contributed by atoms with Crippen LogP contribution in [-0.4, -0.2) is 60.9 Å². The first kappa shape index (κ1) is 19.0. The summed E-state index contributed by atoms with van der Waals surface area (Å²) in [6, 6.07) is -1.68. The first-order valence-corrected chi connectivity index (χ1v) is 8.05. The average molecular weight is 369 g/mol. The van der Waals surface area contributed by atoms with Crippen molar-refractivity contribution in [2.45, 2.75) is 32.0 Å². The Labute approximate surface area is 142 Å². The number of rotatable bonds is 6. The van der Waals surface area contributed by atoms with Crippen LogP contribution in [0.5, 0.6) is 0 Å². The Morgan fingerprint density at radius 3 is 2.67 bits per heavy atom. The molecule has 0 aromatic carbocycles. The zero-order valence-electron chi connectivity index (χ0n) is 13.2. The number of amides is 1. The zero-order chi connectivity index (χ0) is 17.7. The van der Waals surface area contributed by atoms with Gasteiger partial charge in [-0.05, 0) is 24.9 Å². The van der Waals surface area contributed by atoms with Crippen LogP contribution in [0.25, 0.3) is 0 Å². The van der Waals surface area contributed by atoms with Gasteiger partial charge in [0.15, 0.2) is 0 Å². The third-order valence-electron chi connectivity index (χ3n) is 4.00. The molecular weight excluding hydrogens is 349 g/mol. The summed E-state index contributed by atoms with van der Waals surface area (Å²) in [7, 11) is 0. The minimum Gasteiger partial charge on any atom is -0.354 e. The monoisotopic (exact) mass is 368 g/mol. The van der Waals surface area contributed by atoms with Crippen LogP contribution in [0.4, 0.5) is 13.2 Å². The van der Waals surface area contributed by atoms with Crippen molar-refractivity contribution in [3.63, 3.8) is 0 Å². The van der Waals surface area contributed by atoms with Gasteiger partial charge in [-0.3, -0.25) is 9.69 Å². The molecule has 24 heavy (non-hydrogen) atoms. The van der Waals surface area contributed by atoms with Crippen molar-refractivity contribution in [1.82, 2.24) is 20.7 Å². The molecule has 1 aliphatic heterocycles. The Morgan fingerprint density at radius 1 is 1.46 bits per heavy atom. The summed E-state index contributed by atoms with van der Waals surface area (Å²) in [6.07, 6.45) is -4.10. The van der Waals surface area contributed by atoms with Crippen LogP contribution in [0.15, 0.2) is 4.52 Å². The lowest BCUT2D eigenvalue weighted by atomic mass is 10.1. The largest absolute Gasteiger partial charge is 0.405 e. The molecular formula is C14H20ClF3N4O2. The summed E-state index contributed by atoms with van der Waals surface area (Å²) in [5.74, 6) is -0.462. The summed E-state index contributed by atoms with van der Waals surface area (Å²) in [5, 5.41) is 9.15. The number of alkyl halides is 3. The molecule has 1 fully saturated rings. The van der Waals surface area contributed by atoms with Gasteiger partial charge in [-0.15, -0.1) is 0 Å². The molecule has 6 nitrogen and oxygen atoms in total. The van der Waals surface area contributed by atoms with E-state index in [-0.39, 0.29) is 18.1 Å². The van der Waals surface area contributed by atoms with Crippen molar-refractivity contribution in [2.24, 2.45) is 0 Å². The van der Waals surface area contributed by atoms with E-state index in [0.717, 1.165) is 0 Å². The fourth-order valence-electron chi connectivity index (χ4n) is 2.62. The number of aryl methyl sites for hydroxylation is 1. The van der Waals surface area contributed by atoms with E-state index in [9.17, 15) is 18.0 Å². The summed E-state index contributed by atoms with van der Waals surface area (Å²) < 4.78 is 44.4. The molecule has 2 heterocycles. The van der Waals surface area contributed by atoms with E-state index in [4.69, 9.17) is 16.1 Å². The number of hydrogen-bond acceptors (Lipinski definition) is 5. The molecule has 2 rings (SSSR count). The van der Waals surface area contributed by atoms with E-state index < -0.39 is 24.7 Å². The van der Waals surface area contributed by atoms with Crippen molar-refractivity contribution >= 4 is 17.5 Å². The smallest absolute Gasteiger partial charge is 0.354 e. The van der Waals surface area contributed by atoms with Crippen LogP contribution in [0.3, 0.4) is 0 Å². The molecule has 0 radical (unpaired) electrons. The molecule has 0 bridgehead atoms. The summed E-state index contributed by atoms with van der Waals surface area (Å²) in [4.78, 5) is 13.2. The normalized spacial score (nSPS) is 17.7. The van der Waals surface area contributed by atoms with Gasteiger partial charge in [0.2, 0.25) is 11.1 Å². The maximum Gasteiger partial charge on any atom is 0.405 e. The summed E-state index contributed by atoms with van der Waals surface area (Å²) in [5.41, 5.74) is 1.17. The molecule has 1 aliphatic rings. The second kappa shape index (κ2) is 8.17. The Balaban J connectivity index is 1.85. The number of carbonyl (C=O) groups excluding carboxylic acids is 1. The predicted octanol–water partition coefficient (Wildman–Crippen LogP) is 1.52. The number of aromatic nitrogens is 1. The number of carbonyl (C=O) groups is 1. The van der Waals surface area contributed by atoms with Crippen molar-refractivity contribution in [1.29, 1.82) is 0 Å². The number of hydrogen-bond donors (Lipinski definition) is 2. The van der Waals surface area contributed by atoms with E-state index in [1.54, 1.807) is 6.92 Å². The second-order valence-corrected chi connectivity index (χ2v) is 6.01. The van der Waals surface area contributed by atoms with Crippen molar-refractivity contribution in [3.05, 3.63) is 16.5 Å². The number of nitrogens with zero attached hydrogens (tertiary/aromatic N) is 2. The van der Waals surface area contributed by atoms with E-state index in [1.165, 1.54) is 4.90 Å². The van der Waals surface area contributed by atoms with E-state index in [0.29, 0.717) is 37.4 Å². The second-order valence-electron chi connectivity index (χ2n) is 5.67. The molecule has 136 valence electrons. The molecule has 1 aromatic heterocycles. The molecule has 2 N–H and O–H groups in total. The maximum atomic E-state index is 13.2. The molecule has 1 unspecified atom stereocenters. The van der Waals surface area contributed by atoms with E-state index in [2.05, 4.69) is 15.8 Å². The molecule has 1 atom stereocenters. The summed E-state index contributed by atoms with van der Waals surface area (Å²) >= 11 is 5.80. The first-order chi connectivity index (χ1) is 11.3. The topological polar surface area (TPSA) is 70.4 Å². The van der Waals surface area contributed by atoms with Crippen LogP contribution in [0.2, 0.25) is 5.22 Å². The number of piperazine rings is 1. The fraction of sp³-hybridized carbons (Fsp3) is 0.714. The molecule has 10 heteroatoms. The van der Waals surface area contributed by atoms with Crippen LogP contribution in [0, 0.1) is 6.92 Å². The van der Waals surface area contributed by atoms with Gasteiger partial charge in [0, 0.05) is 44.7 Å². The van der Waals surface area contributed by atoms with Gasteiger partial charge >= 0.3 is 6.18 Å². The van der Waals surface area contributed by atoms with Gasteiger partial charge in [0.05, 0.1) is 5.69 Å². The fourth-order valence-corrected chi connectivity index (χ4v) is 2.89. The van der Waals surface area contributed by atoms with Gasteiger partial charge in [-0.25, -0.2) is 0 Å². The highest BCUT2D eigenvalue weighted by Crippen LogP contribution is 2.25. The standard InChI is InChI=1S/C14H20ClF3N4O2/c1-9-10(13(15)24-21-9)2-3-12(23)20-8-11(14(16,17)18)22-6-4-19-5-7-22/h11,19H,2-8H2,1H3,(H,20,23). The van der Waals surface area contributed by atoms with Crippen molar-refractivity contribution in [3.8, 4) is 0 Å². The van der Waals surface area contributed by atoms with Crippen LogP contribution < -0.4 is 10.6 Å².